The molecule has 0 spiro atoms. The minimum atomic E-state index is -3.61. The van der Waals surface area contributed by atoms with Gasteiger partial charge in [-0.15, -0.1) is 0 Å². The van der Waals surface area contributed by atoms with Crippen molar-refractivity contribution in [2.24, 2.45) is 0 Å². The Labute approximate surface area is 143 Å². The van der Waals surface area contributed by atoms with Crippen molar-refractivity contribution in [1.82, 2.24) is 14.3 Å². The molecule has 10 heteroatoms. The molecule has 2 aromatic rings. The Kier molecular flexibility index (Phi) is 5.55. The summed E-state index contributed by atoms with van der Waals surface area (Å²) in [7, 11) is -3.61. The van der Waals surface area contributed by atoms with Gasteiger partial charge in [0.2, 0.25) is 10.0 Å². The first-order valence-electron chi connectivity index (χ1n) is 7.53. The van der Waals surface area contributed by atoms with Crippen LogP contribution in [0.3, 0.4) is 0 Å². The SMILES string of the molecule is CCN(CC)S(=O)(=O)c1ccc(C(=O)Nc2cc(=O)[nH]c(=O)[nH]2)cc1. The number of rotatable bonds is 6. The Hall–Kier alpha value is -2.72. The summed E-state index contributed by atoms with van der Waals surface area (Å²) < 4.78 is 26.1. The van der Waals surface area contributed by atoms with Gasteiger partial charge in [-0.1, -0.05) is 13.8 Å². The fraction of sp³-hybridized carbons (Fsp3) is 0.267. The number of sulfonamides is 1. The van der Waals surface area contributed by atoms with Gasteiger partial charge in [0, 0.05) is 24.7 Å². The van der Waals surface area contributed by atoms with E-state index in [1.807, 2.05) is 4.98 Å². The maximum atomic E-state index is 12.4. The summed E-state index contributed by atoms with van der Waals surface area (Å²) in [4.78, 5) is 38.8. The van der Waals surface area contributed by atoms with Crippen LogP contribution in [0.25, 0.3) is 0 Å². The number of nitrogens with zero attached hydrogens (tertiary/aromatic N) is 1. The molecule has 0 unspecified atom stereocenters. The molecule has 0 saturated carbocycles. The van der Waals surface area contributed by atoms with Gasteiger partial charge in [-0.25, -0.2) is 13.2 Å². The summed E-state index contributed by atoms with van der Waals surface area (Å²) in [6.07, 6.45) is 0. The number of aromatic amines is 2. The van der Waals surface area contributed by atoms with E-state index in [1.54, 1.807) is 13.8 Å². The average molecular weight is 366 g/mol. The minimum absolute atomic E-state index is 0.0569. The zero-order valence-electron chi connectivity index (χ0n) is 13.7. The Bertz CT molecular complexity index is 944. The molecule has 0 radical (unpaired) electrons. The third-order valence-electron chi connectivity index (χ3n) is 3.47. The Morgan fingerprint density at radius 3 is 2.20 bits per heavy atom. The lowest BCUT2D eigenvalue weighted by Crippen LogP contribution is -2.30. The van der Waals surface area contributed by atoms with Crippen molar-refractivity contribution < 1.29 is 13.2 Å². The van der Waals surface area contributed by atoms with E-state index in [2.05, 4.69) is 10.3 Å². The van der Waals surface area contributed by atoms with Crippen LogP contribution in [-0.4, -0.2) is 41.7 Å². The maximum Gasteiger partial charge on any atom is 0.327 e. The molecule has 1 amide bonds. The highest BCUT2D eigenvalue weighted by Gasteiger charge is 2.21. The van der Waals surface area contributed by atoms with Crippen molar-refractivity contribution in [3.05, 3.63) is 56.7 Å². The maximum absolute atomic E-state index is 12.4. The predicted molar refractivity (Wildman–Crippen MR) is 92.2 cm³/mol. The molecule has 1 heterocycles. The quantitative estimate of drug-likeness (QED) is 0.678. The van der Waals surface area contributed by atoms with Gasteiger partial charge in [-0.3, -0.25) is 19.6 Å². The lowest BCUT2D eigenvalue weighted by Gasteiger charge is -2.18. The summed E-state index contributed by atoms with van der Waals surface area (Å²) in [6, 6.07) is 6.42. The van der Waals surface area contributed by atoms with Crippen LogP contribution in [0.5, 0.6) is 0 Å². The predicted octanol–water partition coefficient (Wildman–Crippen LogP) is 0.346. The van der Waals surface area contributed by atoms with Gasteiger partial charge < -0.3 is 5.32 Å². The van der Waals surface area contributed by atoms with Gasteiger partial charge in [-0.2, -0.15) is 4.31 Å². The zero-order chi connectivity index (χ0) is 18.6. The topological polar surface area (TPSA) is 132 Å². The van der Waals surface area contributed by atoms with Crippen LogP contribution >= 0.6 is 0 Å². The number of H-pyrrole nitrogens is 2. The van der Waals surface area contributed by atoms with Crippen LogP contribution in [0, 0.1) is 0 Å². The highest BCUT2D eigenvalue weighted by Crippen LogP contribution is 2.16. The van der Waals surface area contributed by atoms with Gasteiger partial charge in [0.1, 0.15) is 5.82 Å². The van der Waals surface area contributed by atoms with E-state index in [-0.39, 0.29) is 16.3 Å². The summed E-state index contributed by atoms with van der Waals surface area (Å²) >= 11 is 0. The largest absolute Gasteiger partial charge is 0.327 e. The molecule has 2 rings (SSSR count). The fourth-order valence-electron chi connectivity index (χ4n) is 2.22. The molecule has 25 heavy (non-hydrogen) atoms. The first kappa shape index (κ1) is 18.6. The number of aromatic nitrogens is 2. The Balaban J connectivity index is 2.23. The third kappa shape index (κ3) is 4.22. The number of amides is 1. The van der Waals surface area contributed by atoms with E-state index in [4.69, 9.17) is 0 Å². The monoisotopic (exact) mass is 366 g/mol. The second-order valence-corrected chi connectivity index (χ2v) is 7.01. The molecule has 0 aliphatic rings. The molecule has 1 aromatic heterocycles. The van der Waals surface area contributed by atoms with Gasteiger partial charge in [0.25, 0.3) is 11.5 Å². The molecule has 134 valence electrons. The van der Waals surface area contributed by atoms with Crippen molar-refractivity contribution in [3.8, 4) is 0 Å². The molecule has 0 saturated heterocycles. The smallest absolute Gasteiger partial charge is 0.308 e. The molecule has 0 aliphatic carbocycles. The second kappa shape index (κ2) is 7.45. The number of benzene rings is 1. The van der Waals surface area contributed by atoms with Crippen LogP contribution in [0.2, 0.25) is 0 Å². The molecular formula is C15H18N4O5S. The first-order valence-corrected chi connectivity index (χ1v) is 8.97. The van der Waals surface area contributed by atoms with E-state index in [9.17, 15) is 22.8 Å². The lowest BCUT2D eigenvalue weighted by molar-refractivity contribution is 0.102. The highest BCUT2D eigenvalue weighted by atomic mass is 32.2. The number of nitrogens with one attached hydrogen (secondary N) is 3. The van der Waals surface area contributed by atoms with E-state index < -0.39 is 27.2 Å². The molecule has 0 fully saturated rings. The Morgan fingerprint density at radius 1 is 1.08 bits per heavy atom. The molecule has 1 aromatic carbocycles. The van der Waals surface area contributed by atoms with E-state index in [0.29, 0.717) is 13.1 Å². The molecule has 9 nitrogen and oxygen atoms in total. The number of carbonyl (C=O) groups excluding carboxylic acids is 1. The summed E-state index contributed by atoms with van der Waals surface area (Å²) in [5, 5.41) is 2.37. The van der Waals surface area contributed by atoms with Gasteiger partial charge >= 0.3 is 5.69 Å². The van der Waals surface area contributed by atoms with E-state index >= 15 is 0 Å². The van der Waals surface area contributed by atoms with Crippen LogP contribution in [0.4, 0.5) is 5.82 Å². The summed E-state index contributed by atoms with van der Waals surface area (Å²) in [5.74, 6) is -0.647. The van der Waals surface area contributed by atoms with Crippen LogP contribution in [-0.2, 0) is 10.0 Å². The number of hydrogen-bond donors (Lipinski definition) is 3. The molecule has 0 aliphatic heterocycles. The summed E-state index contributed by atoms with van der Waals surface area (Å²) in [5.41, 5.74) is -1.22. The minimum Gasteiger partial charge on any atom is -0.308 e. The molecule has 3 N–H and O–H groups in total. The fourth-order valence-corrected chi connectivity index (χ4v) is 3.68. The van der Waals surface area contributed by atoms with Gasteiger partial charge in [-0.05, 0) is 24.3 Å². The van der Waals surface area contributed by atoms with Crippen LogP contribution in [0.1, 0.15) is 24.2 Å². The number of hydrogen-bond acceptors (Lipinski definition) is 5. The first-order chi connectivity index (χ1) is 11.8. The molecule has 0 atom stereocenters. The third-order valence-corrected chi connectivity index (χ3v) is 5.53. The second-order valence-electron chi connectivity index (χ2n) is 5.07. The van der Waals surface area contributed by atoms with E-state index in [1.165, 1.54) is 28.6 Å². The van der Waals surface area contributed by atoms with Crippen molar-refractivity contribution in [1.29, 1.82) is 0 Å². The molecular weight excluding hydrogens is 348 g/mol. The van der Waals surface area contributed by atoms with Crippen molar-refractivity contribution in [2.45, 2.75) is 18.7 Å². The zero-order valence-corrected chi connectivity index (χ0v) is 14.5. The van der Waals surface area contributed by atoms with Crippen LogP contribution in [0.15, 0.2) is 44.8 Å². The lowest BCUT2D eigenvalue weighted by atomic mass is 10.2. The molecule has 0 bridgehead atoms. The Morgan fingerprint density at radius 2 is 1.68 bits per heavy atom. The highest BCUT2D eigenvalue weighted by molar-refractivity contribution is 7.89. The van der Waals surface area contributed by atoms with E-state index in [0.717, 1.165) is 6.07 Å². The van der Waals surface area contributed by atoms with Crippen molar-refractivity contribution >= 4 is 21.7 Å². The van der Waals surface area contributed by atoms with Crippen LogP contribution < -0.4 is 16.6 Å². The van der Waals surface area contributed by atoms with Gasteiger partial charge in [0.15, 0.2) is 0 Å². The summed E-state index contributed by atoms with van der Waals surface area (Å²) in [6.45, 7) is 4.17. The number of carbonyl (C=O) groups is 1. The van der Waals surface area contributed by atoms with Crippen molar-refractivity contribution in [3.63, 3.8) is 0 Å². The standard InChI is InChI=1S/C15H18N4O5S/c1-3-19(4-2)25(23,24)11-7-5-10(6-8-11)14(21)16-12-9-13(20)18-15(22)17-12/h5-9H,3-4H2,1-2H3,(H3,16,17,18,20,21,22). The van der Waals surface area contributed by atoms with Crippen molar-refractivity contribution in [2.75, 3.05) is 18.4 Å². The number of anilines is 1. The normalized spacial score (nSPS) is 11.5. The van der Waals surface area contributed by atoms with Gasteiger partial charge in [0.05, 0.1) is 4.90 Å². The average Bonchev–Trinajstić information content (AvgIpc) is 2.55.